The van der Waals surface area contributed by atoms with Gasteiger partial charge in [0.2, 0.25) is 0 Å². The molecule has 0 saturated heterocycles. The molecule has 0 radical (unpaired) electrons. The lowest BCUT2D eigenvalue weighted by Gasteiger charge is -2.26. The fourth-order valence-corrected chi connectivity index (χ4v) is 0.718. The quantitative estimate of drug-likeness (QED) is 0.623. The minimum atomic E-state index is -0.745. The molecule has 11 heavy (non-hydrogen) atoms. The van der Waals surface area contributed by atoms with E-state index < -0.39 is 11.5 Å². The van der Waals surface area contributed by atoms with Crippen LogP contribution >= 0.6 is 0 Å². The molecule has 0 rings (SSSR count). The van der Waals surface area contributed by atoms with Crippen LogP contribution in [0.15, 0.2) is 0 Å². The van der Waals surface area contributed by atoms with Crippen LogP contribution < -0.4 is 0 Å². The van der Waals surface area contributed by atoms with Crippen molar-refractivity contribution in [1.29, 1.82) is 0 Å². The van der Waals surface area contributed by atoms with Crippen molar-refractivity contribution >= 4 is 5.78 Å². The van der Waals surface area contributed by atoms with E-state index >= 15 is 0 Å². The molecular weight excluding hydrogens is 144 g/mol. The van der Waals surface area contributed by atoms with Crippen LogP contribution in [0.4, 0.5) is 0 Å². The number of carbonyl (C=O) groups is 1. The Morgan fingerprint density at radius 1 is 1.55 bits per heavy atom. The van der Waals surface area contributed by atoms with Crippen LogP contribution in [0.1, 0.15) is 27.2 Å². The van der Waals surface area contributed by atoms with E-state index in [4.69, 9.17) is 5.11 Å². The Kier molecular flexibility index (Phi) is 3.69. The van der Waals surface area contributed by atoms with E-state index in [0.29, 0.717) is 0 Å². The smallest absolute Gasteiger partial charge is 0.137 e. The Morgan fingerprint density at radius 3 is 2.27 bits per heavy atom. The predicted octanol–water partition coefficient (Wildman–Crippen LogP) is 0.345. The van der Waals surface area contributed by atoms with E-state index in [9.17, 15) is 9.90 Å². The van der Waals surface area contributed by atoms with Gasteiger partial charge < -0.3 is 10.2 Å². The molecule has 0 spiro atoms. The number of ketones is 1. The Bertz CT molecular complexity index is 140. The Hall–Kier alpha value is -0.410. The zero-order chi connectivity index (χ0) is 9.07. The largest absolute Gasteiger partial charge is 0.396 e. The van der Waals surface area contributed by atoms with E-state index in [1.807, 2.05) is 0 Å². The molecule has 0 unspecified atom stereocenters. The van der Waals surface area contributed by atoms with Gasteiger partial charge in [-0.15, -0.1) is 0 Å². The van der Waals surface area contributed by atoms with Crippen LogP contribution in [0.25, 0.3) is 0 Å². The minimum absolute atomic E-state index is 0.0570. The molecule has 0 bridgehead atoms. The molecule has 0 aromatic rings. The highest BCUT2D eigenvalue weighted by Crippen LogP contribution is 2.23. The van der Waals surface area contributed by atoms with Crippen molar-refractivity contribution in [2.75, 3.05) is 6.61 Å². The standard InChI is InChI=1S/C8H16O3/c1-6(10)8(2,3)7(11)4-5-9/h7,9,11H,4-5H2,1-3H3/t7-/m1/s1. The predicted molar refractivity (Wildman–Crippen MR) is 42.2 cm³/mol. The van der Waals surface area contributed by atoms with Gasteiger partial charge >= 0.3 is 0 Å². The highest BCUT2D eigenvalue weighted by molar-refractivity contribution is 5.82. The second-order valence-corrected chi connectivity index (χ2v) is 3.31. The van der Waals surface area contributed by atoms with Gasteiger partial charge in [0.1, 0.15) is 5.78 Å². The molecule has 2 N–H and O–H groups in total. The third kappa shape index (κ3) is 2.60. The summed E-state index contributed by atoms with van der Waals surface area (Å²) in [6, 6.07) is 0. The lowest BCUT2D eigenvalue weighted by molar-refractivity contribution is -0.131. The molecule has 3 nitrogen and oxygen atoms in total. The van der Waals surface area contributed by atoms with Crippen LogP contribution in [0.2, 0.25) is 0 Å². The Balaban J connectivity index is 4.17. The molecule has 0 aliphatic carbocycles. The number of aliphatic hydroxyl groups excluding tert-OH is 2. The SMILES string of the molecule is CC(=O)C(C)(C)[C@H](O)CCO. The summed E-state index contributed by atoms with van der Waals surface area (Å²) < 4.78 is 0. The van der Waals surface area contributed by atoms with Crippen LogP contribution in [0, 0.1) is 5.41 Å². The summed E-state index contributed by atoms with van der Waals surface area (Å²) >= 11 is 0. The van der Waals surface area contributed by atoms with E-state index in [-0.39, 0.29) is 18.8 Å². The Morgan fingerprint density at radius 2 is 2.00 bits per heavy atom. The minimum Gasteiger partial charge on any atom is -0.396 e. The summed E-state index contributed by atoms with van der Waals surface area (Å²) in [5, 5.41) is 17.9. The van der Waals surface area contributed by atoms with Crippen molar-refractivity contribution < 1.29 is 15.0 Å². The highest BCUT2D eigenvalue weighted by Gasteiger charge is 2.31. The van der Waals surface area contributed by atoms with Gasteiger partial charge in [0.05, 0.1) is 6.10 Å². The number of rotatable bonds is 4. The van der Waals surface area contributed by atoms with E-state index in [0.717, 1.165) is 0 Å². The van der Waals surface area contributed by atoms with Crippen LogP contribution in [0.3, 0.4) is 0 Å². The van der Waals surface area contributed by atoms with Crippen molar-refractivity contribution in [3.63, 3.8) is 0 Å². The molecule has 0 aliphatic rings. The summed E-state index contributed by atoms with van der Waals surface area (Å²) in [4.78, 5) is 10.9. The van der Waals surface area contributed by atoms with E-state index in [2.05, 4.69) is 0 Å². The fourth-order valence-electron chi connectivity index (χ4n) is 0.718. The van der Waals surface area contributed by atoms with Crippen molar-refractivity contribution in [2.24, 2.45) is 5.41 Å². The number of Topliss-reactive ketones (excluding diaryl/α,β-unsaturated/α-hetero) is 1. The van der Waals surface area contributed by atoms with Gasteiger partial charge in [0.25, 0.3) is 0 Å². The molecule has 0 amide bonds. The second kappa shape index (κ2) is 3.83. The normalized spacial score (nSPS) is 14.6. The molecule has 0 fully saturated rings. The zero-order valence-electron chi connectivity index (χ0n) is 7.29. The first-order chi connectivity index (χ1) is 4.92. The maximum Gasteiger partial charge on any atom is 0.137 e. The lowest BCUT2D eigenvalue weighted by atomic mass is 9.81. The number of carbonyl (C=O) groups excluding carboxylic acids is 1. The van der Waals surface area contributed by atoms with E-state index in [1.54, 1.807) is 13.8 Å². The molecule has 0 heterocycles. The summed E-state index contributed by atoms with van der Waals surface area (Å²) in [6.07, 6.45) is -0.489. The summed E-state index contributed by atoms with van der Waals surface area (Å²) in [7, 11) is 0. The van der Waals surface area contributed by atoms with Gasteiger partial charge in [-0.25, -0.2) is 0 Å². The van der Waals surface area contributed by atoms with Crippen LogP contribution in [0.5, 0.6) is 0 Å². The van der Waals surface area contributed by atoms with Gasteiger partial charge in [-0.3, -0.25) is 4.79 Å². The monoisotopic (exact) mass is 160 g/mol. The first kappa shape index (κ1) is 10.6. The van der Waals surface area contributed by atoms with Gasteiger partial charge in [-0.2, -0.15) is 0 Å². The summed E-state index contributed by atoms with van der Waals surface area (Å²) in [6.45, 7) is 4.71. The van der Waals surface area contributed by atoms with E-state index in [1.165, 1.54) is 6.92 Å². The van der Waals surface area contributed by atoms with Gasteiger partial charge in [0.15, 0.2) is 0 Å². The average Bonchev–Trinajstić information content (AvgIpc) is 1.88. The number of hydrogen-bond acceptors (Lipinski definition) is 3. The molecule has 1 atom stereocenters. The number of aliphatic hydroxyl groups is 2. The maximum atomic E-state index is 10.9. The molecule has 0 aromatic heterocycles. The number of hydrogen-bond donors (Lipinski definition) is 2. The molecule has 0 aliphatic heterocycles. The van der Waals surface area contributed by atoms with Crippen molar-refractivity contribution in [3.8, 4) is 0 Å². The fraction of sp³-hybridized carbons (Fsp3) is 0.875. The van der Waals surface area contributed by atoms with Crippen LogP contribution in [-0.4, -0.2) is 28.7 Å². The Labute approximate surface area is 67.0 Å². The topological polar surface area (TPSA) is 57.5 Å². The highest BCUT2D eigenvalue weighted by atomic mass is 16.3. The van der Waals surface area contributed by atoms with Gasteiger partial charge in [-0.05, 0) is 13.3 Å². The first-order valence-corrected chi connectivity index (χ1v) is 3.73. The lowest BCUT2D eigenvalue weighted by Crippen LogP contribution is -2.36. The second-order valence-electron chi connectivity index (χ2n) is 3.31. The third-order valence-corrected chi connectivity index (χ3v) is 2.14. The van der Waals surface area contributed by atoms with Crippen molar-refractivity contribution in [2.45, 2.75) is 33.3 Å². The molecular formula is C8H16O3. The van der Waals surface area contributed by atoms with Crippen LogP contribution in [-0.2, 0) is 4.79 Å². The van der Waals surface area contributed by atoms with Gasteiger partial charge in [0, 0.05) is 12.0 Å². The molecule has 0 aromatic carbocycles. The molecule has 0 saturated carbocycles. The average molecular weight is 160 g/mol. The summed E-state index contributed by atoms with van der Waals surface area (Å²) in [5.41, 5.74) is -0.733. The zero-order valence-corrected chi connectivity index (χ0v) is 7.29. The summed E-state index contributed by atoms with van der Waals surface area (Å²) in [5.74, 6) is -0.0570. The maximum absolute atomic E-state index is 10.9. The molecule has 3 heteroatoms. The first-order valence-electron chi connectivity index (χ1n) is 3.73. The van der Waals surface area contributed by atoms with Gasteiger partial charge in [-0.1, -0.05) is 13.8 Å². The third-order valence-electron chi connectivity index (χ3n) is 2.14. The van der Waals surface area contributed by atoms with Crippen molar-refractivity contribution in [1.82, 2.24) is 0 Å². The van der Waals surface area contributed by atoms with Crippen molar-refractivity contribution in [3.05, 3.63) is 0 Å². The molecule has 66 valence electrons.